The maximum Gasteiger partial charge on any atom is 0.270 e. The van der Waals surface area contributed by atoms with E-state index in [1.165, 1.54) is 11.1 Å². The molecule has 0 spiro atoms. The van der Waals surface area contributed by atoms with Gasteiger partial charge in [-0.2, -0.15) is 5.10 Å². The van der Waals surface area contributed by atoms with E-state index in [-0.39, 0.29) is 5.91 Å². The van der Waals surface area contributed by atoms with Gasteiger partial charge in [-0.05, 0) is 68.3 Å². The Labute approximate surface area is 204 Å². The summed E-state index contributed by atoms with van der Waals surface area (Å²) < 4.78 is 7.02. The Morgan fingerprint density at radius 2 is 1.82 bits per heavy atom. The molecule has 0 bridgehead atoms. The number of morpholine rings is 1. The van der Waals surface area contributed by atoms with Crippen molar-refractivity contribution in [3.63, 3.8) is 0 Å². The molecule has 1 N–H and O–H groups in total. The van der Waals surface area contributed by atoms with Gasteiger partial charge in [0.2, 0.25) is 0 Å². The molecule has 33 heavy (non-hydrogen) atoms. The highest BCUT2D eigenvalue weighted by atomic mass is 35.5. The quantitative estimate of drug-likeness (QED) is 0.481. The maximum atomic E-state index is 13.1. The van der Waals surface area contributed by atoms with Gasteiger partial charge in [0.25, 0.3) is 5.91 Å². The standard InChI is InChI=1S/C25H28Cl2N4O2/c1-17-4-5-19(14-18(17)2)23-16-24(31(29-23)20-6-7-21(26)22(27)15-20)25(32)28-8-3-9-30-10-12-33-13-11-30/h4-7,14-16H,3,8-13H2,1-2H3,(H,28,32). The van der Waals surface area contributed by atoms with Crippen molar-refractivity contribution in [1.82, 2.24) is 20.0 Å². The number of carbonyl (C=O) groups is 1. The van der Waals surface area contributed by atoms with Gasteiger partial charge in [0, 0.05) is 25.2 Å². The highest BCUT2D eigenvalue weighted by Crippen LogP contribution is 2.28. The van der Waals surface area contributed by atoms with Crippen molar-refractivity contribution in [3.8, 4) is 16.9 Å². The number of aromatic nitrogens is 2. The molecule has 0 unspecified atom stereocenters. The summed E-state index contributed by atoms with van der Waals surface area (Å²) in [5.74, 6) is -0.175. The summed E-state index contributed by atoms with van der Waals surface area (Å²) in [4.78, 5) is 15.5. The van der Waals surface area contributed by atoms with Gasteiger partial charge in [0.05, 0.1) is 34.6 Å². The van der Waals surface area contributed by atoms with Crippen molar-refractivity contribution < 1.29 is 9.53 Å². The molecule has 1 aromatic heterocycles. The third kappa shape index (κ3) is 5.76. The van der Waals surface area contributed by atoms with Crippen LogP contribution in [0.1, 0.15) is 28.0 Å². The fourth-order valence-electron chi connectivity index (χ4n) is 3.82. The van der Waals surface area contributed by atoms with E-state index in [4.69, 9.17) is 33.0 Å². The van der Waals surface area contributed by atoms with Crippen LogP contribution in [0.2, 0.25) is 10.0 Å². The molecule has 2 heterocycles. The number of halogens is 2. The van der Waals surface area contributed by atoms with Gasteiger partial charge in [-0.3, -0.25) is 9.69 Å². The molecule has 1 saturated heterocycles. The number of hydrogen-bond donors (Lipinski definition) is 1. The van der Waals surface area contributed by atoms with Crippen LogP contribution >= 0.6 is 23.2 Å². The van der Waals surface area contributed by atoms with E-state index in [2.05, 4.69) is 36.2 Å². The van der Waals surface area contributed by atoms with Gasteiger partial charge in [-0.1, -0.05) is 35.3 Å². The number of hydrogen-bond acceptors (Lipinski definition) is 4. The Morgan fingerprint density at radius 1 is 1.03 bits per heavy atom. The Kier molecular flexibility index (Phi) is 7.71. The van der Waals surface area contributed by atoms with Crippen LogP contribution in [0.3, 0.4) is 0 Å². The minimum Gasteiger partial charge on any atom is -0.379 e. The van der Waals surface area contributed by atoms with E-state index in [1.54, 1.807) is 22.9 Å². The number of amides is 1. The highest BCUT2D eigenvalue weighted by Gasteiger charge is 2.19. The first-order valence-corrected chi connectivity index (χ1v) is 11.9. The summed E-state index contributed by atoms with van der Waals surface area (Å²) in [5.41, 5.74) is 5.19. The lowest BCUT2D eigenvalue weighted by Crippen LogP contribution is -2.38. The smallest absolute Gasteiger partial charge is 0.270 e. The van der Waals surface area contributed by atoms with Crippen molar-refractivity contribution in [3.05, 3.63) is 69.3 Å². The maximum absolute atomic E-state index is 13.1. The van der Waals surface area contributed by atoms with Crippen LogP contribution in [0.5, 0.6) is 0 Å². The molecular weight excluding hydrogens is 459 g/mol. The Bertz CT molecular complexity index is 1140. The topological polar surface area (TPSA) is 59.4 Å². The monoisotopic (exact) mass is 486 g/mol. The number of ether oxygens (including phenoxy) is 1. The summed E-state index contributed by atoms with van der Waals surface area (Å²) in [6, 6.07) is 13.2. The van der Waals surface area contributed by atoms with Crippen LogP contribution < -0.4 is 5.32 Å². The van der Waals surface area contributed by atoms with E-state index in [0.717, 1.165) is 50.5 Å². The van der Waals surface area contributed by atoms with E-state index < -0.39 is 0 Å². The average Bonchev–Trinajstić information content (AvgIpc) is 3.26. The first kappa shape index (κ1) is 23.8. The van der Waals surface area contributed by atoms with E-state index >= 15 is 0 Å². The lowest BCUT2D eigenvalue weighted by molar-refractivity contribution is 0.0374. The fraction of sp³-hybridized carbons (Fsp3) is 0.360. The fourth-order valence-corrected chi connectivity index (χ4v) is 4.11. The number of nitrogens with zero attached hydrogens (tertiary/aromatic N) is 3. The Hall–Kier alpha value is -2.38. The van der Waals surface area contributed by atoms with Gasteiger partial charge in [0.1, 0.15) is 5.69 Å². The van der Waals surface area contributed by atoms with Crippen LogP contribution in [0.4, 0.5) is 0 Å². The summed E-state index contributed by atoms with van der Waals surface area (Å²) in [7, 11) is 0. The van der Waals surface area contributed by atoms with Crippen molar-refractivity contribution in [2.75, 3.05) is 39.4 Å². The molecule has 0 aliphatic carbocycles. The van der Waals surface area contributed by atoms with Crippen molar-refractivity contribution in [1.29, 1.82) is 0 Å². The lowest BCUT2D eigenvalue weighted by Gasteiger charge is -2.26. The molecular formula is C25H28Cl2N4O2. The normalized spacial score (nSPS) is 14.4. The first-order chi connectivity index (χ1) is 15.9. The van der Waals surface area contributed by atoms with Crippen LogP contribution in [0.25, 0.3) is 16.9 Å². The van der Waals surface area contributed by atoms with Crippen LogP contribution in [0.15, 0.2) is 42.5 Å². The van der Waals surface area contributed by atoms with Crippen LogP contribution in [-0.2, 0) is 4.74 Å². The predicted octanol–water partition coefficient (Wildman–Crippen LogP) is 4.92. The van der Waals surface area contributed by atoms with Gasteiger partial charge in [-0.15, -0.1) is 0 Å². The summed E-state index contributed by atoms with van der Waals surface area (Å²) in [5, 5.41) is 8.66. The largest absolute Gasteiger partial charge is 0.379 e. The van der Waals surface area contributed by atoms with Gasteiger partial charge in [-0.25, -0.2) is 4.68 Å². The SMILES string of the molecule is Cc1ccc(-c2cc(C(=O)NCCCN3CCOCC3)n(-c3ccc(Cl)c(Cl)c3)n2)cc1C. The number of nitrogens with one attached hydrogen (secondary N) is 1. The zero-order chi connectivity index (χ0) is 23.4. The van der Waals surface area contributed by atoms with E-state index in [9.17, 15) is 4.79 Å². The molecule has 174 valence electrons. The Morgan fingerprint density at radius 3 is 2.55 bits per heavy atom. The molecule has 1 fully saturated rings. The summed E-state index contributed by atoms with van der Waals surface area (Å²) in [6.45, 7) is 9.09. The average molecular weight is 487 g/mol. The molecule has 0 atom stereocenters. The number of benzene rings is 2. The molecule has 0 radical (unpaired) electrons. The van der Waals surface area contributed by atoms with Crippen LogP contribution in [-0.4, -0.2) is 60.0 Å². The van der Waals surface area contributed by atoms with Crippen LogP contribution in [0, 0.1) is 13.8 Å². The van der Waals surface area contributed by atoms with Gasteiger partial charge >= 0.3 is 0 Å². The number of carbonyl (C=O) groups excluding carboxylic acids is 1. The third-order valence-electron chi connectivity index (χ3n) is 5.93. The minimum atomic E-state index is -0.175. The molecule has 0 saturated carbocycles. The third-order valence-corrected chi connectivity index (χ3v) is 6.67. The second kappa shape index (κ2) is 10.7. The van der Waals surface area contributed by atoms with E-state index in [1.807, 2.05) is 12.1 Å². The second-order valence-electron chi connectivity index (χ2n) is 8.29. The molecule has 2 aromatic carbocycles. The molecule has 6 nitrogen and oxygen atoms in total. The molecule has 8 heteroatoms. The van der Waals surface area contributed by atoms with Crippen molar-refractivity contribution in [2.24, 2.45) is 0 Å². The van der Waals surface area contributed by atoms with Gasteiger partial charge < -0.3 is 10.1 Å². The van der Waals surface area contributed by atoms with E-state index in [0.29, 0.717) is 28.0 Å². The summed E-state index contributed by atoms with van der Waals surface area (Å²) >= 11 is 12.3. The number of aryl methyl sites for hydroxylation is 2. The number of rotatable bonds is 7. The minimum absolute atomic E-state index is 0.175. The first-order valence-electron chi connectivity index (χ1n) is 11.1. The zero-order valence-corrected chi connectivity index (χ0v) is 20.4. The molecule has 1 aliphatic heterocycles. The molecule has 1 aliphatic rings. The van der Waals surface area contributed by atoms with Gasteiger partial charge in [0.15, 0.2) is 0 Å². The molecule has 3 aromatic rings. The highest BCUT2D eigenvalue weighted by molar-refractivity contribution is 6.42. The Balaban J connectivity index is 1.56. The van der Waals surface area contributed by atoms with Crippen molar-refractivity contribution in [2.45, 2.75) is 20.3 Å². The summed E-state index contributed by atoms with van der Waals surface area (Å²) in [6.07, 6.45) is 0.872. The lowest BCUT2D eigenvalue weighted by atomic mass is 10.0. The zero-order valence-electron chi connectivity index (χ0n) is 18.9. The predicted molar refractivity (Wildman–Crippen MR) is 133 cm³/mol. The van der Waals surface area contributed by atoms with Crippen molar-refractivity contribution >= 4 is 29.1 Å². The second-order valence-corrected chi connectivity index (χ2v) is 9.10. The molecule has 1 amide bonds. The molecule has 4 rings (SSSR count).